The number of anilines is 1. The molecule has 2 aromatic heterocycles. The number of aromatic nitrogens is 2. The quantitative estimate of drug-likeness (QED) is 0.608. The second-order valence-corrected chi connectivity index (χ2v) is 8.69. The molecule has 2 fully saturated rings. The van der Waals surface area contributed by atoms with E-state index in [1.54, 1.807) is 17.2 Å². The number of benzene rings is 1. The summed E-state index contributed by atoms with van der Waals surface area (Å²) in [6.45, 7) is 0.505. The summed E-state index contributed by atoms with van der Waals surface area (Å²) in [7, 11) is 0. The van der Waals surface area contributed by atoms with Gasteiger partial charge in [0, 0.05) is 24.3 Å². The summed E-state index contributed by atoms with van der Waals surface area (Å²) in [5.41, 5.74) is 0.755. The van der Waals surface area contributed by atoms with Crippen molar-refractivity contribution in [1.82, 2.24) is 14.9 Å². The molecule has 0 radical (unpaired) electrons. The van der Waals surface area contributed by atoms with E-state index in [1.165, 1.54) is 23.2 Å². The van der Waals surface area contributed by atoms with Crippen LogP contribution in [0.4, 0.5) is 18.9 Å². The largest absolute Gasteiger partial charge is 0.362 e. The second kappa shape index (κ2) is 8.48. The van der Waals surface area contributed by atoms with Crippen LogP contribution in [0.2, 0.25) is 0 Å². The number of hydrogen-bond donors (Lipinski definition) is 1. The fourth-order valence-electron chi connectivity index (χ4n) is 5.08. The predicted octanol–water partition coefficient (Wildman–Crippen LogP) is 5.16. The number of nitrogens with zero attached hydrogens (tertiary/aromatic N) is 3. The van der Waals surface area contributed by atoms with Gasteiger partial charge < -0.3 is 10.2 Å². The van der Waals surface area contributed by atoms with Crippen LogP contribution in [0.15, 0.2) is 36.7 Å². The summed E-state index contributed by atoms with van der Waals surface area (Å²) in [5.74, 6) is -1.96. The van der Waals surface area contributed by atoms with Gasteiger partial charge in [0.2, 0.25) is 0 Å². The number of carbonyl (C=O) groups excluding carboxylic acids is 1. The maximum Gasteiger partial charge on any atom is 0.255 e. The molecule has 3 aromatic rings. The van der Waals surface area contributed by atoms with Crippen LogP contribution in [0.3, 0.4) is 0 Å². The maximum atomic E-state index is 15.8. The number of carbonyl (C=O) groups is 1. The smallest absolute Gasteiger partial charge is 0.255 e. The third-order valence-electron chi connectivity index (χ3n) is 6.67. The minimum Gasteiger partial charge on any atom is -0.362 e. The normalized spacial score (nSPS) is 19.6. The zero-order valence-corrected chi connectivity index (χ0v) is 17.7. The van der Waals surface area contributed by atoms with Gasteiger partial charge in [0.15, 0.2) is 5.82 Å². The Hall–Kier alpha value is -3.03. The van der Waals surface area contributed by atoms with E-state index in [2.05, 4.69) is 10.4 Å². The molecule has 1 aliphatic carbocycles. The van der Waals surface area contributed by atoms with Gasteiger partial charge in [-0.3, -0.25) is 4.79 Å². The lowest BCUT2D eigenvalue weighted by Gasteiger charge is -2.28. The van der Waals surface area contributed by atoms with Crippen molar-refractivity contribution in [3.05, 3.63) is 65.2 Å². The Bertz CT molecular complexity index is 1160. The Labute approximate surface area is 184 Å². The molecule has 5 nitrogen and oxygen atoms in total. The van der Waals surface area contributed by atoms with Crippen LogP contribution >= 0.6 is 0 Å². The van der Waals surface area contributed by atoms with Crippen LogP contribution in [-0.2, 0) is 0 Å². The first-order valence-corrected chi connectivity index (χ1v) is 11.2. The van der Waals surface area contributed by atoms with Gasteiger partial charge in [0.05, 0.1) is 23.5 Å². The molecule has 2 aliphatic rings. The zero-order valence-electron chi connectivity index (χ0n) is 17.7. The molecule has 5 rings (SSSR count). The lowest BCUT2D eigenvalue weighted by Crippen LogP contribution is -2.36. The van der Waals surface area contributed by atoms with Crippen LogP contribution in [0.25, 0.3) is 5.52 Å². The van der Waals surface area contributed by atoms with Crippen LogP contribution < -0.4 is 10.2 Å². The molecule has 168 valence electrons. The molecule has 0 bridgehead atoms. The van der Waals surface area contributed by atoms with Gasteiger partial charge in [-0.15, -0.1) is 0 Å². The molecule has 32 heavy (non-hydrogen) atoms. The number of rotatable bonds is 4. The standard InChI is InChI=1S/C24H25F3N4O/c25-15-8-9-19(26)17(13-15)20-7-4-11-30(20)21-10-12-31-23(22(21)27)18(14-28-31)24(32)29-16-5-2-1-3-6-16/h8-10,12-14,16,20H,1-7,11H2,(H,29,32). The summed E-state index contributed by atoms with van der Waals surface area (Å²) in [6, 6.07) is 4.55. The lowest BCUT2D eigenvalue weighted by molar-refractivity contribution is 0.0929. The van der Waals surface area contributed by atoms with Crippen molar-refractivity contribution >= 4 is 17.1 Å². The molecule has 8 heteroatoms. The molecule has 1 amide bonds. The first-order valence-electron chi connectivity index (χ1n) is 11.2. The highest BCUT2D eigenvalue weighted by Crippen LogP contribution is 2.39. The molecule has 1 saturated heterocycles. The van der Waals surface area contributed by atoms with Crippen molar-refractivity contribution < 1.29 is 18.0 Å². The van der Waals surface area contributed by atoms with Crippen LogP contribution in [0.1, 0.15) is 66.9 Å². The zero-order chi connectivity index (χ0) is 22.2. The van der Waals surface area contributed by atoms with E-state index in [1.807, 2.05) is 0 Å². The summed E-state index contributed by atoms with van der Waals surface area (Å²) in [4.78, 5) is 14.7. The number of hydrogen-bond acceptors (Lipinski definition) is 3. The average molecular weight is 442 g/mol. The molecule has 1 unspecified atom stereocenters. The van der Waals surface area contributed by atoms with E-state index in [9.17, 15) is 13.6 Å². The molecule has 1 aliphatic heterocycles. The fraction of sp³-hybridized carbons (Fsp3) is 0.417. The minimum absolute atomic E-state index is 0.0939. The van der Waals surface area contributed by atoms with Crippen LogP contribution in [0, 0.1) is 17.5 Å². The molecular weight excluding hydrogens is 417 g/mol. The SMILES string of the molecule is O=C(NC1CCCCC1)c1cnn2ccc(N3CCCC3c3cc(F)ccc3F)c(F)c12. The third-order valence-corrected chi connectivity index (χ3v) is 6.67. The summed E-state index contributed by atoms with van der Waals surface area (Å²) in [6.07, 6.45) is 9.45. The molecule has 1 aromatic carbocycles. The van der Waals surface area contributed by atoms with E-state index < -0.39 is 23.5 Å². The van der Waals surface area contributed by atoms with E-state index in [4.69, 9.17) is 0 Å². The molecule has 1 atom stereocenters. The van der Waals surface area contributed by atoms with E-state index in [0.29, 0.717) is 13.0 Å². The summed E-state index contributed by atoms with van der Waals surface area (Å²) in [5, 5.41) is 7.17. The number of fused-ring (bicyclic) bond motifs is 1. The highest BCUT2D eigenvalue weighted by Gasteiger charge is 2.32. The highest BCUT2D eigenvalue weighted by atomic mass is 19.1. The van der Waals surface area contributed by atoms with Crippen LogP contribution in [0.5, 0.6) is 0 Å². The Balaban J connectivity index is 1.49. The van der Waals surface area contributed by atoms with Crippen molar-refractivity contribution in [1.29, 1.82) is 0 Å². The van der Waals surface area contributed by atoms with Gasteiger partial charge in [-0.1, -0.05) is 19.3 Å². The van der Waals surface area contributed by atoms with Gasteiger partial charge in [-0.25, -0.2) is 17.7 Å². The molecule has 1 saturated carbocycles. The van der Waals surface area contributed by atoms with Crippen molar-refractivity contribution in [3.63, 3.8) is 0 Å². The Morgan fingerprint density at radius 3 is 2.66 bits per heavy atom. The van der Waals surface area contributed by atoms with Gasteiger partial charge in [-0.2, -0.15) is 5.10 Å². The predicted molar refractivity (Wildman–Crippen MR) is 115 cm³/mol. The number of halogens is 3. The number of pyridine rings is 1. The average Bonchev–Trinajstić information content (AvgIpc) is 3.44. The maximum absolute atomic E-state index is 15.8. The first-order chi connectivity index (χ1) is 15.5. The van der Waals surface area contributed by atoms with Crippen molar-refractivity contribution in [2.75, 3.05) is 11.4 Å². The van der Waals surface area contributed by atoms with Crippen molar-refractivity contribution in [2.45, 2.75) is 57.0 Å². The van der Waals surface area contributed by atoms with Crippen LogP contribution in [-0.4, -0.2) is 28.1 Å². The molecular formula is C24H25F3N4O. The Kier molecular flexibility index (Phi) is 5.53. The van der Waals surface area contributed by atoms with E-state index in [-0.39, 0.29) is 34.3 Å². The topological polar surface area (TPSA) is 49.6 Å². The second-order valence-electron chi connectivity index (χ2n) is 8.69. The van der Waals surface area contributed by atoms with E-state index in [0.717, 1.165) is 44.2 Å². The molecule has 3 heterocycles. The first kappa shape index (κ1) is 20.8. The monoisotopic (exact) mass is 442 g/mol. The van der Waals surface area contributed by atoms with Gasteiger partial charge in [0.1, 0.15) is 17.2 Å². The molecule has 0 spiro atoms. The van der Waals surface area contributed by atoms with Crippen molar-refractivity contribution in [3.8, 4) is 0 Å². The highest BCUT2D eigenvalue weighted by molar-refractivity contribution is 6.01. The van der Waals surface area contributed by atoms with Gasteiger partial charge in [-0.05, 0) is 49.9 Å². The third kappa shape index (κ3) is 3.72. The Morgan fingerprint density at radius 1 is 1.03 bits per heavy atom. The lowest BCUT2D eigenvalue weighted by atomic mass is 9.95. The van der Waals surface area contributed by atoms with Crippen molar-refractivity contribution in [2.24, 2.45) is 0 Å². The van der Waals surface area contributed by atoms with E-state index >= 15 is 4.39 Å². The van der Waals surface area contributed by atoms with Gasteiger partial charge in [0.25, 0.3) is 5.91 Å². The molecule has 1 N–H and O–H groups in total. The Morgan fingerprint density at radius 2 is 1.84 bits per heavy atom. The summed E-state index contributed by atoms with van der Waals surface area (Å²) < 4.78 is 45.4. The van der Waals surface area contributed by atoms with Gasteiger partial charge >= 0.3 is 0 Å². The number of amides is 1. The minimum atomic E-state index is -0.581. The fourth-order valence-corrected chi connectivity index (χ4v) is 5.08. The summed E-state index contributed by atoms with van der Waals surface area (Å²) >= 11 is 0. The number of nitrogens with one attached hydrogen (secondary N) is 1.